The van der Waals surface area contributed by atoms with Crippen molar-refractivity contribution >= 4 is 23.4 Å². The van der Waals surface area contributed by atoms with Crippen molar-refractivity contribution in [1.82, 2.24) is 5.32 Å². The number of carbonyl (C=O) groups is 3. The largest absolute Gasteiger partial charge is 0.481 e. The van der Waals surface area contributed by atoms with Gasteiger partial charge in [0.25, 0.3) is 5.91 Å². The fourth-order valence-corrected chi connectivity index (χ4v) is 3.16. The minimum Gasteiger partial charge on any atom is -0.481 e. The molecular weight excluding hydrogens is 367 g/mol. The smallest absolute Gasteiger partial charge is 0.305 e. The Morgan fingerprint density at radius 3 is 2.57 bits per heavy atom. The number of nitrogens with zero attached hydrogens (tertiary/aromatic N) is 1. The highest BCUT2D eigenvalue weighted by molar-refractivity contribution is 6.07. The van der Waals surface area contributed by atoms with E-state index >= 15 is 0 Å². The maximum Gasteiger partial charge on any atom is 0.305 e. The quantitative estimate of drug-likeness (QED) is 0.672. The molecule has 7 nitrogen and oxygen atoms in total. The fourth-order valence-electron chi connectivity index (χ4n) is 3.16. The lowest BCUT2D eigenvalue weighted by Gasteiger charge is -2.26. The van der Waals surface area contributed by atoms with E-state index in [0.717, 1.165) is 11.1 Å². The third kappa shape index (κ3) is 4.55. The Hall–Kier alpha value is -2.77. The fraction of sp³-hybridized carbons (Fsp3) is 0.500. The Morgan fingerprint density at radius 2 is 2.00 bits per heavy atom. The van der Waals surface area contributed by atoms with Crippen molar-refractivity contribution in [3.8, 4) is 0 Å². The van der Waals surface area contributed by atoms with Gasteiger partial charge < -0.3 is 15.3 Å². The van der Waals surface area contributed by atoms with Crippen molar-refractivity contribution in [2.45, 2.75) is 57.6 Å². The predicted molar refractivity (Wildman–Crippen MR) is 101 cm³/mol. The van der Waals surface area contributed by atoms with E-state index in [0.29, 0.717) is 5.71 Å². The lowest BCUT2D eigenvalue weighted by Crippen LogP contribution is -2.53. The Morgan fingerprint density at radius 1 is 1.32 bits per heavy atom. The minimum atomic E-state index is -1.45. The van der Waals surface area contributed by atoms with E-state index in [1.54, 1.807) is 6.92 Å². The molecule has 1 amide bonds. The molecule has 1 unspecified atom stereocenters. The molecule has 0 saturated carbocycles. The third-order valence-corrected chi connectivity index (χ3v) is 4.87. The number of hydrogen-bond donors (Lipinski definition) is 2. The second-order valence-corrected chi connectivity index (χ2v) is 7.12. The summed E-state index contributed by atoms with van der Waals surface area (Å²) in [4.78, 5) is 40.9. The highest BCUT2D eigenvalue weighted by Gasteiger charge is 2.46. The van der Waals surface area contributed by atoms with Gasteiger partial charge in [0.2, 0.25) is 5.60 Å². The first kappa shape index (κ1) is 21.5. The van der Waals surface area contributed by atoms with Gasteiger partial charge in [-0.05, 0) is 17.9 Å². The van der Waals surface area contributed by atoms with E-state index < -0.39 is 42.4 Å². The molecule has 1 aromatic carbocycles. The monoisotopic (exact) mass is 392 g/mol. The van der Waals surface area contributed by atoms with Gasteiger partial charge in [-0.2, -0.15) is 0 Å². The number of halogens is 1. The first-order valence-corrected chi connectivity index (χ1v) is 9.19. The molecule has 8 heteroatoms. The number of amides is 1. The maximum atomic E-state index is 12.8. The summed E-state index contributed by atoms with van der Waals surface area (Å²) in [6, 6.07) is 6.24. The van der Waals surface area contributed by atoms with E-state index in [1.807, 2.05) is 38.1 Å². The van der Waals surface area contributed by atoms with Gasteiger partial charge >= 0.3 is 5.97 Å². The molecule has 2 atom stereocenters. The van der Waals surface area contributed by atoms with Crippen LogP contribution in [0, 0.1) is 0 Å². The SMILES string of the molecule is CCC1(C(=O)N[C@@H](CC(=O)O)C(=O)CF)CC(c2ccccc2C(C)C)=NO1. The predicted octanol–water partition coefficient (Wildman–Crippen LogP) is 2.58. The minimum absolute atomic E-state index is 0.169. The molecule has 0 aliphatic carbocycles. The highest BCUT2D eigenvalue weighted by Crippen LogP contribution is 2.33. The van der Waals surface area contributed by atoms with Crippen LogP contribution < -0.4 is 5.32 Å². The molecule has 1 heterocycles. The molecule has 0 bridgehead atoms. The van der Waals surface area contributed by atoms with Crippen LogP contribution in [0.15, 0.2) is 29.4 Å². The van der Waals surface area contributed by atoms with Crippen molar-refractivity contribution in [2.75, 3.05) is 6.67 Å². The Labute approximate surface area is 162 Å². The summed E-state index contributed by atoms with van der Waals surface area (Å²) in [6.07, 6.45) is -0.278. The number of carboxylic acid groups (broad SMARTS) is 1. The number of oxime groups is 1. The molecule has 0 fully saturated rings. The highest BCUT2D eigenvalue weighted by atomic mass is 19.1. The molecule has 0 radical (unpaired) electrons. The summed E-state index contributed by atoms with van der Waals surface area (Å²) >= 11 is 0. The van der Waals surface area contributed by atoms with Crippen LogP contribution in [0.3, 0.4) is 0 Å². The first-order valence-electron chi connectivity index (χ1n) is 9.19. The normalized spacial score (nSPS) is 19.7. The topological polar surface area (TPSA) is 105 Å². The van der Waals surface area contributed by atoms with Gasteiger partial charge in [0.15, 0.2) is 5.78 Å². The van der Waals surface area contributed by atoms with Gasteiger partial charge in [-0.15, -0.1) is 0 Å². The van der Waals surface area contributed by atoms with Crippen LogP contribution in [0.1, 0.15) is 57.1 Å². The molecule has 1 aromatic rings. The average molecular weight is 392 g/mol. The van der Waals surface area contributed by atoms with Crippen LogP contribution in [0.5, 0.6) is 0 Å². The number of alkyl halides is 1. The number of Topliss-reactive ketones (excluding diaryl/α,β-unsaturated/α-hetero) is 1. The summed E-state index contributed by atoms with van der Waals surface area (Å²) in [5.74, 6) is -2.74. The summed E-state index contributed by atoms with van der Waals surface area (Å²) in [6.45, 7) is 4.47. The van der Waals surface area contributed by atoms with Gasteiger partial charge in [0.1, 0.15) is 12.7 Å². The Bertz CT molecular complexity index is 793. The van der Waals surface area contributed by atoms with E-state index in [2.05, 4.69) is 10.5 Å². The van der Waals surface area contributed by atoms with Crippen molar-refractivity contribution in [3.63, 3.8) is 0 Å². The molecule has 0 saturated heterocycles. The lowest BCUT2D eigenvalue weighted by atomic mass is 9.87. The van der Waals surface area contributed by atoms with Crippen molar-refractivity contribution in [1.29, 1.82) is 0 Å². The van der Waals surface area contributed by atoms with Gasteiger partial charge in [0.05, 0.1) is 12.1 Å². The number of ketones is 1. The van der Waals surface area contributed by atoms with Crippen LogP contribution in [0.2, 0.25) is 0 Å². The van der Waals surface area contributed by atoms with E-state index in [-0.39, 0.29) is 18.8 Å². The summed E-state index contributed by atoms with van der Waals surface area (Å²) in [5.41, 5.74) is 1.18. The van der Waals surface area contributed by atoms with E-state index in [4.69, 9.17) is 9.94 Å². The number of nitrogens with one attached hydrogen (secondary N) is 1. The van der Waals surface area contributed by atoms with Crippen LogP contribution in [0.25, 0.3) is 0 Å². The molecule has 28 heavy (non-hydrogen) atoms. The van der Waals surface area contributed by atoms with Gasteiger partial charge in [-0.25, -0.2) is 4.39 Å². The molecule has 1 aliphatic heterocycles. The molecule has 2 N–H and O–H groups in total. The zero-order valence-electron chi connectivity index (χ0n) is 16.2. The average Bonchev–Trinajstić information content (AvgIpc) is 3.12. The van der Waals surface area contributed by atoms with Crippen LogP contribution in [-0.4, -0.2) is 46.8 Å². The van der Waals surface area contributed by atoms with Gasteiger partial charge in [0, 0.05) is 12.0 Å². The first-order chi connectivity index (χ1) is 13.2. The molecular formula is C20H25FN2O5. The molecule has 0 spiro atoms. The van der Waals surface area contributed by atoms with E-state index in [9.17, 15) is 18.8 Å². The zero-order chi connectivity index (χ0) is 20.9. The Balaban J connectivity index is 2.22. The second-order valence-electron chi connectivity index (χ2n) is 7.12. The number of carbonyl (C=O) groups excluding carboxylic acids is 2. The zero-order valence-corrected chi connectivity index (χ0v) is 16.2. The summed E-state index contributed by atoms with van der Waals surface area (Å²) < 4.78 is 12.7. The maximum absolute atomic E-state index is 12.8. The second kappa shape index (κ2) is 8.95. The number of benzene rings is 1. The Kier molecular flexibility index (Phi) is 6.88. The van der Waals surface area contributed by atoms with Crippen molar-refractivity contribution < 1.29 is 28.7 Å². The summed E-state index contributed by atoms with van der Waals surface area (Å²) in [7, 11) is 0. The van der Waals surface area contributed by atoms with Crippen LogP contribution in [0.4, 0.5) is 4.39 Å². The summed E-state index contributed by atoms with van der Waals surface area (Å²) in [5, 5.41) is 15.4. The van der Waals surface area contributed by atoms with Crippen molar-refractivity contribution in [2.24, 2.45) is 5.16 Å². The van der Waals surface area contributed by atoms with Crippen molar-refractivity contribution in [3.05, 3.63) is 35.4 Å². The molecule has 152 valence electrons. The molecule has 1 aliphatic rings. The molecule has 2 rings (SSSR count). The van der Waals surface area contributed by atoms with Gasteiger partial charge in [-0.3, -0.25) is 14.4 Å². The van der Waals surface area contributed by atoms with Crippen LogP contribution in [-0.2, 0) is 19.2 Å². The number of hydrogen-bond acceptors (Lipinski definition) is 5. The number of rotatable bonds is 9. The molecule has 0 aromatic heterocycles. The number of carboxylic acids is 1. The van der Waals surface area contributed by atoms with Crippen LogP contribution >= 0.6 is 0 Å². The standard InChI is InChI=1S/C20H25FN2O5/c1-4-20(19(27)22-15(9-18(25)26)17(24)11-21)10-16(23-28-20)14-8-6-5-7-13(14)12(2)3/h5-8,12,15H,4,9-11H2,1-3H3,(H,22,27)(H,25,26)/t15-,20?/m0/s1. The lowest BCUT2D eigenvalue weighted by molar-refractivity contribution is -0.148. The number of aliphatic carboxylic acids is 1. The van der Waals surface area contributed by atoms with Gasteiger partial charge in [-0.1, -0.05) is 50.2 Å². The third-order valence-electron chi connectivity index (χ3n) is 4.87. The van der Waals surface area contributed by atoms with E-state index in [1.165, 1.54) is 0 Å².